The van der Waals surface area contributed by atoms with Crippen LogP contribution in [0.15, 0.2) is 12.1 Å². The standard InChI is InChI=1S/C12H21ClN4/c1-3-7-17(8-4-2)9-11-10(13)5-6-12(15-11)16-14/h5-6H,3-4,7-9,14H2,1-2H3,(H,15,16). The van der Waals surface area contributed by atoms with Crippen LogP contribution in [0.3, 0.4) is 0 Å². The maximum absolute atomic E-state index is 6.14. The van der Waals surface area contributed by atoms with Crippen molar-refractivity contribution in [2.45, 2.75) is 33.2 Å². The van der Waals surface area contributed by atoms with Crippen molar-refractivity contribution in [1.82, 2.24) is 9.88 Å². The van der Waals surface area contributed by atoms with Gasteiger partial charge in [-0.05, 0) is 38.1 Å². The molecule has 5 heteroatoms. The van der Waals surface area contributed by atoms with Gasteiger partial charge in [0.05, 0.1) is 10.7 Å². The summed E-state index contributed by atoms with van der Waals surface area (Å²) in [5, 5.41) is 0.696. The highest BCUT2D eigenvalue weighted by Gasteiger charge is 2.09. The van der Waals surface area contributed by atoms with Crippen LogP contribution in [0.25, 0.3) is 0 Å². The summed E-state index contributed by atoms with van der Waals surface area (Å²) >= 11 is 6.14. The smallest absolute Gasteiger partial charge is 0.140 e. The average Bonchev–Trinajstić information content (AvgIpc) is 2.32. The SMILES string of the molecule is CCCN(CCC)Cc1nc(NN)ccc1Cl. The Hall–Kier alpha value is -0.840. The van der Waals surface area contributed by atoms with Crippen molar-refractivity contribution in [3.8, 4) is 0 Å². The van der Waals surface area contributed by atoms with Crippen LogP contribution in [-0.4, -0.2) is 23.0 Å². The van der Waals surface area contributed by atoms with E-state index in [2.05, 4.69) is 29.2 Å². The Bertz CT molecular complexity index is 337. The molecule has 3 N–H and O–H groups in total. The number of hydrogen-bond donors (Lipinski definition) is 2. The fourth-order valence-corrected chi connectivity index (χ4v) is 1.95. The highest BCUT2D eigenvalue weighted by Crippen LogP contribution is 2.18. The number of nitrogens with zero attached hydrogens (tertiary/aromatic N) is 2. The molecule has 0 radical (unpaired) electrons. The minimum absolute atomic E-state index is 0.650. The van der Waals surface area contributed by atoms with Gasteiger partial charge in [0.25, 0.3) is 0 Å². The van der Waals surface area contributed by atoms with Crippen molar-refractivity contribution in [2.75, 3.05) is 18.5 Å². The van der Waals surface area contributed by atoms with E-state index in [1.807, 2.05) is 6.07 Å². The van der Waals surface area contributed by atoms with E-state index in [1.165, 1.54) is 0 Å². The maximum Gasteiger partial charge on any atom is 0.140 e. The topological polar surface area (TPSA) is 54.2 Å². The van der Waals surface area contributed by atoms with Crippen molar-refractivity contribution >= 4 is 17.4 Å². The Kier molecular flexibility index (Phi) is 6.26. The molecule has 0 saturated carbocycles. The van der Waals surface area contributed by atoms with Gasteiger partial charge in [-0.3, -0.25) is 4.90 Å². The number of nitrogens with one attached hydrogen (secondary N) is 1. The lowest BCUT2D eigenvalue weighted by atomic mass is 10.3. The van der Waals surface area contributed by atoms with E-state index in [1.54, 1.807) is 6.07 Å². The normalized spacial score (nSPS) is 10.9. The third kappa shape index (κ3) is 4.50. The lowest BCUT2D eigenvalue weighted by Gasteiger charge is -2.21. The van der Waals surface area contributed by atoms with Gasteiger partial charge in [-0.25, -0.2) is 10.8 Å². The maximum atomic E-state index is 6.14. The summed E-state index contributed by atoms with van der Waals surface area (Å²) in [5.74, 6) is 6.00. The van der Waals surface area contributed by atoms with Gasteiger partial charge < -0.3 is 5.43 Å². The summed E-state index contributed by atoms with van der Waals surface area (Å²) in [7, 11) is 0. The molecule has 4 nitrogen and oxygen atoms in total. The van der Waals surface area contributed by atoms with Crippen LogP contribution in [0, 0.1) is 0 Å². The Morgan fingerprint density at radius 1 is 1.29 bits per heavy atom. The quantitative estimate of drug-likeness (QED) is 0.582. The second-order valence-electron chi connectivity index (χ2n) is 4.05. The van der Waals surface area contributed by atoms with Crippen LogP contribution in [0.4, 0.5) is 5.82 Å². The summed E-state index contributed by atoms with van der Waals surface area (Å²) in [6.45, 7) is 7.25. The van der Waals surface area contributed by atoms with Crippen molar-refractivity contribution in [1.29, 1.82) is 0 Å². The first-order chi connectivity index (χ1) is 8.21. The van der Waals surface area contributed by atoms with E-state index >= 15 is 0 Å². The number of nitrogen functional groups attached to an aromatic ring is 1. The number of halogens is 1. The van der Waals surface area contributed by atoms with Crippen molar-refractivity contribution in [2.24, 2.45) is 5.84 Å². The van der Waals surface area contributed by atoms with Gasteiger partial charge in [0.1, 0.15) is 5.82 Å². The summed E-state index contributed by atoms with van der Waals surface area (Å²) in [4.78, 5) is 6.74. The molecule has 1 rings (SSSR count). The lowest BCUT2D eigenvalue weighted by molar-refractivity contribution is 0.263. The fraction of sp³-hybridized carbons (Fsp3) is 0.583. The van der Waals surface area contributed by atoms with Crippen LogP contribution in [0.2, 0.25) is 5.02 Å². The summed E-state index contributed by atoms with van der Waals surface area (Å²) in [5.41, 5.74) is 3.42. The first kappa shape index (κ1) is 14.2. The number of nitrogens with two attached hydrogens (primary N) is 1. The van der Waals surface area contributed by atoms with Gasteiger partial charge in [0, 0.05) is 6.54 Å². The molecule has 0 atom stereocenters. The van der Waals surface area contributed by atoms with Gasteiger partial charge in [-0.1, -0.05) is 25.4 Å². The predicted octanol–water partition coefficient (Wildman–Crippen LogP) is 2.64. The second kappa shape index (κ2) is 7.48. The molecule has 0 aliphatic carbocycles. The third-order valence-corrected chi connectivity index (χ3v) is 2.86. The zero-order chi connectivity index (χ0) is 12.7. The van der Waals surface area contributed by atoms with E-state index < -0.39 is 0 Å². The Morgan fingerprint density at radius 2 is 1.94 bits per heavy atom. The Balaban J connectivity index is 2.76. The number of pyridine rings is 1. The first-order valence-corrected chi connectivity index (χ1v) is 6.43. The minimum atomic E-state index is 0.650. The fourth-order valence-electron chi connectivity index (χ4n) is 1.79. The first-order valence-electron chi connectivity index (χ1n) is 6.05. The van der Waals surface area contributed by atoms with Crippen LogP contribution in [0.5, 0.6) is 0 Å². The lowest BCUT2D eigenvalue weighted by Crippen LogP contribution is -2.25. The van der Waals surface area contributed by atoms with E-state index in [4.69, 9.17) is 17.4 Å². The molecule has 0 bridgehead atoms. The van der Waals surface area contributed by atoms with E-state index in [9.17, 15) is 0 Å². The molecule has 0 fully saturated rings. The van der Waals surface area contributed by atoms with Crippen LogP contribution in [-0.2, 0) is 6.54 Å². The zero-order valence-electron chi connectivity index (χ0n) is 10.5. The number of rotatable bonds is 7. The number of hydrogen-bond acceptors (Lipinski definition) is 4. The van der Waals surface area contributed by atoms with Crippen LogP contribution >= 0.6 is 11.6 Å². The molecule has 96 valence electrons. The van der Waals surface area contributed by atoms with E-state index in [-0.39, 0.29) is 0 Å². The van der Waals surface area contributed by atoms with Gasteiger partial charge >= 0.3 is 0 Å². The Labute approximate surface area is 108 Å². The number of hydrazine groups is 1. The highest BCUT2D eigenvalue weighted by molar-refractivity contribution is 6.31. The molecular weight excluding hydrogens is 236 g/mol. The molecule has 17 heavy (non-hydrogen) atoms. The Morgan fingerprint density at radius 3 is 2.47 bits per heavy atom. The van der Waals surface area contributed by atoms with Gasteiger partial charge in [0.2, 0.25) is 0 Å². The summed E-state index contributed by atoms with van der Waals surface area (Å²) < 4.78 is 0. The molecule has 0 aliphatic rings. The van der Waals surface area contributed by atoms with Crippen molar-refractivity contribution in [3.05, 3.63) is 22.8 Å². The number of aromatic nitrogens is 1. The average molecular weight is 257 g/mol. The molecule has 0 unspecified atom stereocenters. The monoisotopic (exact) mass is 256 g/mol. The minimum Gasteiger partial charge on any atom is -0.308 e. The zero-order valence-corrected chi connectivity index (χ0v) is 11.3. The molecular formula is C12H21ClN4. The highest BCUT2D eigenvalue weighted by atomic mass is 35.5. The predicted molar refractivity (Wildman–Crippen MR) is 72.9 cm³/mol. The van der Waals surface area contributed by atoms with Crippen LogP contribution < -0.4 is 11.3 Å². The molecule has 0 saturated heterocycles. The van der Waals surface area contributed by atoms with Crippen LogP contribution in [0.1, 0.15) is 32.4 Å². The second-order valence-corrected chi connectivity index (χ2v) is 4.45. The molecule has 0 aromatic carbocycles. The largest absolute Gasteiger partial charge is 0.308 e. The molecule has 1 aromatic rings. The molecule has 0 amide bonds. The summed E-state index contributed by atoms with van der Waals surface area (Å²) in [6.07, 6.45) is 2.26. The molecule has 1 aromatic heterocycles. The van der Waals surface area contributed by atoms with Gasteiger partial charge in [-0.2, -0.15) is 0 Å². The molecule has 0 spiro atoms. The molecule has 0 aliphatic heterocycles. The van der Waals surface area contributed by atoms with E-state index in [0.717, 1.165) is 38.2 Å². The summed E-state index contributed by atoms with van der Waals surface area (Å²) in [6, 6.07) is 3.60. The number of anilines is 1. The van der Waals surface area contributed by atoms with Crippen molar-refractivity contribution in [3.63, 3.8) is 0 Å². The van der Waals surface area contributed by atoms with Gasteiger partial charge in [0.15, 0.2) is 0 Å². The van der Waals surface area contributed by atoms with E-state index in [0.29, 0.717) is 10.8 Å². The van der Waals surface area contributed by atoms with Crippen molar-refractivity contribution < 1.29 is 0 Å². The third-order valence-electron chi connectivity index (χ3n) is 2.52. The molecule has 1 heterocycles. The van der Waals surface area contributed by atoms with Gasteiger partial charge in [-0.15, -0.1) is 0 Å².